The number of halogens is 1. The molecule has 1 nitrogen and oxygen atoms in total. The Morgan fingerprint density at radius 2 is 1.50 bits per heavy atom. The molecule has 2 rings (SSSR count). The Balaban J connectivity index is 2.41. The Kier molecular flexibility index (Phi) is 6.20. The fraction of sp³-hybridized carbons (Fsp3) is 0.133. The van der Waals surface area contributed by atoms with Gasteiger partial charge in [0.1, 0.15) is 0 Å². The predicted octanol–water partition coefficient (Wildman–Crippen LogP) is 3.54. The third-order valence-corrected chi connectivity index (χ3v) is 22.8. The van der Waals surface area contributed by atoms with Gasteiger partial charge in [0.2, 0.25) is 0 Å². The van der Waals surface area contributed by atoms with E-state index in [2.05, 4.69) is 24.3 Å². The van der Waals surface area contributed by atoms with Crippen molar-refractivity contribution in [2.45, 2.75) is 6.92 Å². The third-order valence-electron chi connectivity index (χ3n) is 2.78. The van der Waals surface area contributed by atoms with Crippen LogP contribution in [-0.4, -0.2) is 26.9 Å². The summed E-state index contributed by atoms with van der Waals surface area (Å²) >= 11 is 1.96. The number of thiocarbonyl (C=S) groups is 1. The molecule has 0 saturated carbocycles. The van der Waals surface area contributed by atoms with Crippen molar-refractivity contribution >= 4 is 57.5 Å². The summed E-state index contributed by atoms with van der Waals surface area (Å²) in [7, 11) is 8.69. The summed E-state index contributed by atoms with van der Waals surface area (Å²) in [6.07, 6.45) is 0. The zero-order valence-corrected chi connectivity index (χ0v) is 16.3. The second kappa shape index (κ2) is 7.68. The minimum absolute atomic E-state index is 0.547. The van der Waals surface area contributed by atoms with Crippen LogP contribution in [0.25, 0.3) is 0 Å². The Morgan fingerprint density at radius 3 is 1.90 bits per heavy atom. The van der Waals surface area contributed by atoms with Crippen molar-refractivity contribution in [3.63, 3.8) is 0 Å². The topological polar surface area (TPSA) is 9.23 Å². The Morgan fingerprint density at radius 1 is 1.05 bits per heavy atom. The first-order valence-electron chi connectivity index (χ1n) is 6.32. The molecule has 2 aromatic rings. The van der Waals surface area contributed by atoms with Crippen LogP contribution in [0.2, 0.25) is 0 Å². The molecular weight excluding hydrogens is 414 g/mol. The van der Waals surface area contributed by atoms with Gasteiger partial charge in [0, 0.05) is 0 Å². The number of benzene rings is 2. The monoisotopic (exact) mass is 430 g/mol. The molecule has 0 aromatic heterocycles. The van der Waals surface area contributed by atoms with Crippen LogP contribution < -0.4 is 7.16 Å². The van der Waals surface area contributed by atoms with Crippen LogP contribution in [0.4, 0.5) is 0 Å². The maximum atomic E-state index is 7.13. The SMILES string of the molecule is CCOC(=S)[S][Sn]([Cl])([c]1ccccc1)[c]1ccccc1. The van der Waals surface area contributed by atoms with E-state index in [0.717, 1.165) is 0 Å². The van der Waals surface area contributed by atoms with E-state index in [-0.39, 0.29) is 0 Å². The van der Waals surface area contributed by atoms with Gasteiger partial charge in [-0.25, -0.2) is 0 Å². The summed E-state index contributed by atoms with van der Waals surface area (Å²) in [5, 5.41) is 0. The van der Waals surface area contributed by atoms with Gasteiger partial charge >= 0.3 is 136 Å². The molecule has 0 bridgehead atoms. The summed E-state index contributed by atoms with van der Waals surface area (Å²) in [6, 6.07) is 20.5. The number of hydrogen-bond acceptors (Lipinski definition) is 3. The van der Waals surface area contributed by atoms with E-state index in [1.165, 1.54) is 7.16 Å². The Labute approximate surface area is 135 Å². The molecule has 0 aliphatic rings. The standard InChI is InChI=1S/2C6H5.C3H6OS2.ClH.Sn/c2*1-2-4-6-5-3-1;1-2-4-3(5)6;;/h2*1-5H;2H2,1H3,(H,5,6);1H;/q;;;;+2/p-2. The van der Waals surface area contributed by atoms with E-state index >= 15 is 0 Å². The van der Waals surface area contributed by atoms with E-state index < -0.39 is 15.9 Å². The first-order chi connectivity index (χ1) is 9.66. The van der Waals surface area contributed by atoms with Gasteiger partial charge in [-0.1, -0.05) is 0 Å². The van der Waals surface area contributed by atoms with Gasteiger partial charge in [0.25, 0.3) is 0 Å². The molecule has 2 aromatic carbocycles. The second-order valence-electron chi connectivity index (χ2n) is 4.11. The van der Waals surface area contributed by atoms with Crippen LogP contribution in [-0.2, 0) is 4.74 Å². The quantitative estimate of drug-likeness (QED) is 0.544. The Bertz CT molecular complexity index is 523. The summed E-state index contributed by atoms with van der Waals surface area (Å²) < 4.78 is 8.38. The van der Waals surface area contributed by atoms with Gasteiger partial charge in [-0.2, -0.15) is 0 Å². The zero-order chi connectivity index (χ0) is 14.4. The number of ether oxygens (including phenoxy) is 1. The van der Waals surface area contributed by atoms with E-state index in [1.807, 2.05) is 43.3 Å². The predicted molar refractivity (Wildman–Crippen MR) is 95.6 cm³/mol. The minimum atomic E-state index is -3.35. The second-order valence-corrected chi connectivity index (χ2v) is 23.2. The first kappa shape index (κ1) is 16.1. The molecule has 0 aliphatic carbocycles. The molecular formula is C15H15ClOS2Sn. The summed E-state index contributed by atoms with van der Waals surface area (Å²) in [5.74, 6) is 0. The van der Waals surface area contributed by atoms with Gasteiger partial charge in [0.05, 0.1) is 0 Å². The van der Waals surface area contributed by atoms with Crippen molar-refractivity contribution in [2.24, 2.45) is 0 Å². The molecule has 0 atom stereocenters. The average molecular weight is 430 g/mol. The third kappa shape index (κ3) is 3.91. The van der Waals surface area contributed by atoms with Crippen LogP contribution in [0.1, 0.15) is 6.92 Å². The molecule has 0 heterocycles. The van der Waals surface area contributed by atoms with Crippen molar-refractivity contribution in [2.75, 3.05) is 6.61 Å². The van der Waals surface area contributed by atoms with Crippen LogP contribution >= 0.6 is 30.1 Å². The van der Waals surface area contributed by atoms with Gasteiger partial charge in [-0.05, 0) is 0 Å². The van der Waals surface area contributed by atoms with Crippen molar-refractivity contribution in [1.82, 2.24) is 0 Å². The summed E-state index contributed by atoms with van der Waals surface area (Å²) in [4.78, 5) is 0. The van der Waals surface area contributed by atoms with Crippen molar-refractivity contribution in [1.29, 1.82) is 0 Å². The van der Waals surface area contributed by atoms with Crippen molar-refractivity contribution < 1.29 is 4.74 Å². The molecule has 0 aliphatic heterocycles. The van der Waals surface area contributed by atoms with E-state index in [0.29, 0.717) is 11.0 Å². The molecule has 20 heavy (non-hydrogen) atoms. The van der Waals surface area contributed by atoms with Crippen molar-refractivity contribution in [3.05, 3.63) is 60.7 Å². The van der Waals surface area contributed by atoms with Gasteiger partial charge in [-0.15, -0.1) is 0 Å². The van der Waals surface area contributed by atoms with Crippen LogP contribution in [0.5, 0.6) is 0 Å². The molecule has 0 unspecified atom stereocenters. The molecule has 0 saturated heterocycles. The van der Waals surface area contributed by atoms with E-state index in [1.54, 1.807) is 8.95 Å². The van der Waals surface area contributed by atoms with Gasteiger partial charge in [-0.3, -0.25) is 0 Å². The van der Waals surface area contributed by atoms with Crippen LogP contribution in [0, 0.1) is 0 Å². The molecule has 104 valence electrons. The zero-order valence-electron chi connectivity index (χ0n) is 11.1. The molecule has 0 N–H and O–H groups in total. The van der Waals surface area contributed by atoms with E-state index in [9.17, 15) is 0 Å². The van der Waals surface area contributed by atoms with E-state index in [4.69, 9.17) is 25.9 Å². The summed E-state index contributed by atoms with van der Waals surface area (Å²) in [5.41, 5.74) is 0. The number of hydrogen-bond donors (Lipinski definition) is 0. The first-order valence-corrected chi connectivity index (χ1v) is 17.5. The number of rotatable bonds is 4. The summed E-state index contributed by atoms with van der Waals surface area (Å²) in [6.45, 7) is 2.51. The maximum absolute atomic E-state index is 7.13. The fourth-order valence-corrected chi connectivity index (χ4v) is 20.0. The van der Waals surface area contributed by atoms with Gasteiger partial charge < -0.3 is 0 Å². The molecule has 5 heteroatoms. The van der Waals surface area contributed by atoms with Crippen LogP contribution in [0.3, 0.4) is 0 Å². The van der Waals surface area contributed by atoms with Crippen LogP contribution in [0.15, 0.2) is 60.7 Å². The molecule has 0 fully saturated rings. The molecule has 0 spiro atoms. The molecule has 0 amide bonds. The normalized spacial score (nSPS) is 11.1. The fourth-order valence-electron chi connectivity index (χ4n) is 1.85. The van der Waals surface area contributed by atoms with Crippen molar-refractivity contribution in [3.8, 4) is 0 Å². The average Bonchev–Trinajstić information content (AvgIpc) is 2.49. The Hall–Kier alpha value is -0.231. The molecule has 0 radical (unpaired) electrons. The van der Waals surface area contributed by atoms with Gasteiger partial charge in [0.15, 0.2) is 0 Å².